The summed E-state index contributed by atoms with van der Waals surface area (Å²) >= 11 is 0. The standard InChI is InChI=1S/C15H11F3N2O5S/c16-15(17,18)9-4-3-5-10(8-9)26(24,25)20-14(23)19-12-7-2-1-6-11(12)13(21)22/h1-8H,(H,21,22)(H2,19,20,23). The number of halogens is 3. The van der Waals surface area contributed by atoms with Gasteiger partial charge in [0.15, 0.2) is 0 Å². The number of aromatic carboxylic acids is 1. The maximum Gasteiger partial charge on any atom is 0.416 e. The van der Waals surface area contributed by atoms with Crippen molar-refractivity contribution in [3.63, 3.8) is 0 Å². The number of urea groups is 1. The fourth-order valence-corrected chi connectivity index (χ4v) is 2.90. The molecule has 0 saturated heterocycles. The van der Waals surface area contributed by atoms with E-state index in [0.29, 0.717) is 12.1 Å². The molecule has 2 amide bonds. The molecule has 0 saturated carbocycles. The molecule has 0 bridgehead atoms. The molecule has 0 spiro atoms. The van der Waals surface area contributed by atoms with Crippen molar-refractivity contribution >= 4 is 27.7 Å². The zero-order valence-corrected chi connectivity index (χ0v) is 13.6. The summed E-state index contributed by atoms with van der Waals surface area (Å²) in [7, 11) is -4.60. The smallest absolute Gasteiger partial charge is 0.416 e. The van der Waals surface area contributed by atoms with Crippen LogP contribution in [-0.2, 0) is 16.2 Å². The molecule has 7 nitrogen and oxygen atoms in total. The fraction of sp³-hybridized carbons (Fsp3) is 0.0667. The Morgan fingerprint density at radius 2 is 1.65 bits per heavy atom. The highest BCUT2D eigenvalue weighted by molar-refractivity contribution is 7.90. The van der Waals surface area contributed by atoms with Gasteiger partial charge in [-0.05, 0) is 30.3 Å². The number of amides is 2. The minimum atomic E-state index is -4.76. The zero-order chi connectivity index (χ0) is 19.5. The first-order valence-electron chi connectivity index (χ1n) is 6.84. The Bertz CT molecular complexity index is 958. The Morgan fingerprint density at radius 3 is 2.27 bits per heavy atom. The maximum atomic E-state index is 12.7. The van der Waals surface area contributed by atoms with Gasteiger partial charge in [0.05, 0.1) is 21.7 Å². The van der Waals surface area contributed by atoms with Crippen LogP contribution in [0.4, 0.5) is 23.7 Å². The summed E-state index contributed by atoms with van der Waals surface area (Å²) in [5, 5.41) is 11.0. The van der Waals surface area contributed by atoms with E-state index in [4.69, 9.17) is 5.11 Å². The van der Waals surface area contributed by atoms with Gasteiger partial charge in [-0.3, -0.25) is 0 Å². The summed E-state index contributed by atoms with van der Waals surface area (Å²) in [4.78, 5) is 22.1. The average Bonchev–Trinajstić information content (AvgIpc) is 2.54. The van der Waals surface area contributed by atoms with E-state index in [1.807, 2.05) is 5.32 Å². The topological polar surface area (TPSA) is 113 Å². The number of carboxylic acids is 1. The maximum absolute atomic E-state index is 12.7. The van der Waals surface area contributed by atoms with Crippen molar-refractivity contribution in [2.75, 3.05) is 5.32 Å². The molecule has 2 aromatic rings. The summed E-state index contributed by atoms with van der Waals surface area (Å²) in [6.45, 7) is 0. The van der Waals surface area contributed by atoms with Gasteiger partial charge >= 0.3 is 18.2 Å². The van der Waals surface area contributed by atoms with Crippen LogP contribution < -0.4 is 10.0 Å². The summed E-state index contributed by atoms with van der Waals surface area (Å²) in [5.74, 6) is -1.36. The minimum Gasteiger partial charge on any atom is -0.478 e. The number of hydrogen-bond acceptors (Lipinski definition) is 4. The molecule has 0 atom stereocenters. The van der Waals surface area contributed by atoms with Crippen LogP contribution in [0.15, 0.2) is 53.4 Å². The third-order valence-corrected chi connectivity index (χ3v) is 4.43. The van der Waals surface area contributed by atoms with Gasteiger partial charge in [0.25, 0.3) is 10.0 Å². The second kappa shape index (κ2) is 7.04. The lowest BCUT2D eigenvalue weighted by Gasteiger charge is -2.12. The second-order valence-electron chi connectivity index (χ2n) is 4.94. The molecule has 11 heteroatoms. The Balaban J connectivity index is 2.23. The van der Waals surface area contributed by atoms with Crippen LogP contribution in [0.3, 0.4) is 0 Å². The monoisotopic (exact) mass is 388 g/mol. The summed E-state index contributed by atoms with van der Waals surface area (Å²) in [6, 6.07) is 6.71. The van der Waals surface area contributed by atoms with Crippen molar-refractivity contribution < 1.29 is 36.3 Å². The molecule has 2 rings (SSSR count). The molecule has 0 aliphatic rings. The number of rotatable bonds is 4. The number of carboxylic acid groups (broad SMARTS) is 1. The van der Waals surface area contributed by atoms with Gasteiger partial charge in [0, 0.05) is 0 Å². The third kappa shape index (κ3) is 4.51. The van der Waals surface area contributed by atoms with Gasteiger partial charge in [-0.15, -0.1) is 0 Å². The van der Waals surface area contributed by atoms with Crippen LogP contribution in [0.2, 0.25) is 0 Å². The summed E-state index contributed by atoms with van der Waals surface area (Å²) < 4.78 is 63.7. The van der Waals surface area contributed by atoms with Gasteiger partial charge in [0.1, 0.15) is 0 Å². The molecule has 26 heavy (non-hydrogen) atoms. The van der Waals surface area contributed by atoms with E-state index in [-0.39, 0.29) is 11.3 Å². The number of benzene rings is 2. The SMILES string of the molecule is O=C(Nc1ccccc1C(=O)O)NS(=O)(=O)c1cccc(C(F)(F)F)c1. The summed E-state index contributed by atoms with van der Waals surface area (Å²) in [6.07, 6.45) is -4.76. The van der Waals surface area contributed by atoms with E-state index < -0.39 is 38.7 Å². The van der Waals surface area contributed by atoms with E-state index in [1.165, 1.54) is 29.0 Å². The highest BCUT2D eigenvalue weighted by atomic mass is 32.2. The third-order valence-electron chi connectivity index (χ3n) is 3.10. The number of nitrogens with one attached hydrogen (secondary N) is 2. The van der Waals surface area contributed by atoms with Crippen LogP contribution >= 0.6 is 0 Å². The lowest BCUT2D eigenvalue weighted by atomic mass is 10.2. The molecule has 0 aliphatic carbocycles. The summed E-state index contributed by atoms with van der Waals surface area (Å²) in [5.41, 5.74) is -1.67. The predicted octanol–water partition coefficient (Wildman–Crippen LogP) is 2.91. The fourth-order valence-electron chi connectivity index (χ4n) is 1.95. The van der Waals surface area contributed by atoms with E-state index in [2.05, 4.69) is 0 Å². The first-order valence-corrected chi connectivity index (χ1v) is 8.32. The van der Waals surface area contributed by atoms with Crippen LogP contribution in [0.1, 0.15) is 15.9 Å². The van der Waals surface area contributed by atoms with E-state index in [0.717, 1.165) is 12.1 Å². The van der Waals surface area contributed by atoms with Gasteiger partial charge in [-0.25, -0.2) is 22.7 Å². The van der Waals surface area contributed by atoms with Crippen LogP contribution in [0.5, 0.6) is 0 Å². The molecule has 138 valence electrons. The van der Waals surface area contributed by atoms with E-state index in [1.54, 1.807) is 0 Å². The first-order chi connectivity index (χ1) is 12.0. The highest BCUT2D eigenvalue weighted by Crippen LogP contribution is 2.30. The molecule has 3 N–H and O–H groups in total. The molecule has 0 heterocycles. The Morgan fingerprint density at radius 1 is 1.00 bits per heavy atom. The van der Waals surface area contributed by atoms with Crippen molar-refractivity contribution in [1.82, 2.24) is 4.72 Å². The Hall–Kier alpha value is -3.08. The van der Waals surface area contributed by atoms with Crippen molar-refractivity contribution in [3.8, 4) is 0 Å². The van der Waals surface area contributed by atoms with Gasteiger partial charge in [-0.1, -0.05) is 18.2 Å². The lowest BCUT2D eigenvalue weighted by molar-refractivity contribution is -0.137. The number of alkyl halides is 3. The normalized spacial score (nSPS) is 11.7. The van der Waals surface area contributed by atoms with E-state index in [9.17, 15) is 31.2 Å². The molecular weight excluding hydrogens is 377 g/mol. The van der Waals surface area contributed by atoms with Crippen LogP contribution in [0, 0.1) is 0 Å². The number of anilines is 1. The number of hydrogen-bond donors (Lipinski definition) is 3. The molecule has 2 aromatic carbocycles. The van der Waals surface area contributed by atoms with Crippen molar-refractivity contribution in [1.29, 1.82) is 0 Å². The van der Waals surface area contributed by atoms with Gasteiger partial charge < -0.3 is 10.4 Å². The van der Waals surface area contributed by atoms with Crippen LogP contribution in [0.25, 0.3) is 0 Å². The first kappa shape index (κ1) is 19.2. The molecule has 0 fully saturated rings. The highest BCUT2D eigenvalue weighted by Gasteiger charge is 2.32. The molecule has 0 radical (unpaired) electrons. The molecule has 0 aromatic heterocycles. The lowest BCUT2D eigenvalue weighted by Crippen LogP contribution is -2.34. The largest absolute Gasteiger partial charge is 0.478 e. The second-order valence-corrected chi connectivity index (χ2v) is 6.62. The zero-order valence-electron chi connectivity index (χ0n) is 12.7. The van der Waals surface area contributed by atoms with Gasteiger partial charge in [-0.2, -0.15) is 13.2 Å². The van der Waals surface area contributed by atoms with Crippen molar-refractivity contribution in [3.05, 3.63) is 59.7 Å². The Kier molecular flexibility index (Phi) is 5.21. The number of para-hydroxylation sites is 1. The average molecular weight is 388 g/mol. The van der Waals surface area contributed by atoms with E-state index >= 15 is 0 Å². The molecule has 0 unspecified atom stereocenters. The number of sulfonamides is 1. The van der Waals surface area contributed by atoms with Crippen molar-refractivity contribution in [2.45, 2.75) is 11.1 Å². The minimum absolute atomic E-state index is 0.184. The Labute approximate surface area is 145 Å². The number of carbonyl (C=O) groups is 2. The predicted molar refractivity (Wildman–Crippen MR) is 84.2 cm³/mol. The molecule has 0 aliphatic heterocycles. The van der Waals surface area contributed by atoms with Crippen LogP contribution in [-0.4, -0.2) is 25.5 Å². The quantitative estimate of drug-likeness (QED) is 0.746. The van der Waals surface area contributed by atoms with Gasteiger partial charge in [0.2, 0.25) is 0 Å². The van der Waals surface area contributed by atoms with Crippen molar-refractivity contribution in [2.24, 2.45) is 0 Å². The molecular formula is C15H11F3N2O5S. The number of carbonyl (C=O) groups excluding carboxylic acids is 1.